The van der Waals surface area contributed by atoms with Crippen LogP contribution in [-0.4, -0.2) is 11.8 Å². The fourth-order valence-corrected chi connectivity index (χ4v) is 6.02. The van der Waals surface area contributed by atoms with Crippen molar-refractivity contribution < 1.29 is 0 Å². The van der Waals surface area contributed by atoms with E-state index in [9.17, 15) is 0 Å². The summed E-state index contributed by atoms with van der Waals surface area (Å²) in [5.41, 5.74) is 2.30. The molecule has 2 fully saturated rings. The summed E-state index contributed by atoms with van der Waals surface area (Å²) in [7, 11) is 0. The van der Waals surface area contributed by atoms with Crippen molar-refractivity contribution in [1.82, 2.24) is 5.32 Å². The normalized spacial score (nSPS) is 33.2. The molecule has 1 N–H and O–H groups in total. The highest BCUT2D eigenvalue weighted by molar-refractivity contribution is 8.01. The van der Waals surface area contributed by atoms with E-state index in [1.165, 1.54) is 38.6 Å². The molecule has 1 aliphatic heterocycles. The third kappa shape index (κ3) is 2.04. The Bertz CT molecular complexity index is 445. The Labute approximate surface area is 118 Å². The third-order valence-corrected chi connectivity index (χ3v) is 7.29. The van der Waals surface area contributed by atoms with E-state index in [2.05, 4.69) is 35.4 Å². The summed E-state index contributed by atoms with van der Waals surface area (Å²) in [6, 6.07) is 2.96. The van der Waals surface area contributed by atoms with Gasteiger partial charge in [0, 0.05) is 17.8 Å². The molecule has 1 aromatic heterocycles. The molecule has 0 radical (unpaired) electrons. The van der Waals surface area contributed by atoms with Crippen LogP contribution in [0.5, 0.6) is 0 Å². The first kappa shape index (κ1) is 11.8. The monoisotopic (exact) mass is 279 g/mol. The van der Waals surface area contributed by atoms with Gasteiger partial charge in [-0.2, -0.15) is 0 Å². The molecule has 4 rings (SSSR count). The van der Waals surface area contributed by atoms with Crippen molar-refractivity contribution in [2.24, 2.45) is 11.3 Å². The van der Waals surface area contributed by atoms with Crippen molar-refractivity contribution in [3.8, 4) is 0 Å². The number of nitrogens with one attached hydrogen (secondary N) is 1. The van der Waals surface area contributed by atoms with Gasteiger partial charge in [0.1, 0.15) is 0 Å². The highest BCUT2D eigenvalue weighted by Gasteiger charge is 2.53. The molecule has 0 saturated heterocycles. The van der Waals surface area contributed by atoms with Gasteiger partial charge in [-0.25, -0.2) is 0 Å². The molecule has 0 bridgehead atoms. The van der Waals surface area contributed by atoms with Gasteiger partial charge in [-0.15, -0.1) is 23.1 Å². The summed E-state index contributed by atoms with van der Waals surface area (Å²) in [4.78, 5) is 0. The molecule has 2 heterocycles. The van der Waals surface area contributed by atoms with Crippen LogP contribution in [0.2, 0.25) is 0 Å². The van der Waals surface area contributed by atoms with Crippen molar-refractivity contribution in [3.05, 3.63) is 17.0 Å². The van der Waals surface area contributed by atoms with Crippen LogP contribution < -0.4 is 5.32 Å². The van der Waals surface area contributed by atoms with E-state index in [1.807, 2.05) is 11.3 Å². The molecule has 3 heteroatoms. The Hall–Kier alpha value is 0.01000. The molecule has 98 valence electrons. The first-order chi connectivity index (χ1) is 8.77. The summed E-state index contributed by atoms with van der Waals surface area (Å²) in [5.74, 6) is 1.07. The lowest BCUT2D eigenvalue weighted by molar-refractivity contribution is 0.363. The molecule has 0 amide bonds. The minimum Gasteiger partial charge on any atom is -0.309 e. The van der Waals surface area contributed by atoms with E-state index in [4.69, 9.17) is 0 Å². The van der Waals surface area contributed by atoms with Crippen LogP contribution in [0, 0.1) is 11.3 Å². The maximum Gasteiger partial charge on any atom is 0.0649 e. The number of hydrogen-bond acceptors (Lipinski definition) is 3. The second-order valence-electron chi connectivity index (χ2n) is 6.40. The van der Waals surface area contributed by atoms with Crippen LogP contribution in [0.3, 0.4) is 0 Å². The van der Waals surface area contributed by atoms with E-state index in [-0.39, 0.29) is 0 Å². The second-order valence-corrected chi connectivity index (χ2v) is 9.02. The van der Waals surface area contributed by atoms with Crippen molar-refractivity contribution in [3.63, 3.8) is 0 Å². The summed E-state index contributed by atoms with van der Waals surface area (Å²) >= 11 is 3.99. The molecule has 2 atom stereocenters. The average molecular weight is 279 g/mol. The molecular formula is C15H21NS2. The van der Waals surface area contributed by atoms with Crippen molar-refractivity contribution in [2.75, 3.05) is 6.54 Å². The van der Waals surface area contributed by atoms with Crippen LogP contribution in [0.1, 0.15) is 50.6 Å². The van der Waals surface area contributed by atoms with E-state index in [0.29, 0.717) is 6.04 Å². The van der Waals surface area contributed by atoms with Gasteiger partial charge in [0.05, 0.1) is 4.21 Å². The molecule has 3 aliphatic rings. The van der Waals surface area contributed by atoms with Gasteiger partial charge >= 0.3 is 0 Å². The SMILES string of the molecule is C[C@H]1CC(NCC2(C3CC3)CC2)c2ccsc2S1. The molecule has 18 heavy (non-hydrogen) atoms. The molecule has 2 aliphatic carbocycles. The highest BCUT2D eigenvalue weighted by Crippen LogP contribution is 2.61. The van der Waals surface area contributed by atoms with Gasteiger partial charge < -0.3 is 5.32 Å². The Balaban J connectivity index is 1.46. The fourth-order valence-electron chi connectivity index (χ4n) is 3.45. The van der Waals surface area contributed by atoms with Crippen LogP contribution in [0.15, 0.2) is 15.7 Å². The topological polar surface area (TPSA) is 12.0 Å². The Morgan fingerprint density at radius 3 is 2.94 bits per heavy atom. The predicted molar refractivity (Wildman–Crippen MR) is 79.4 cm³/mol. The Kier molecular flexibility index (Phi) is 2.79. The number of thioether (sulfide) groups is 1. The zero-order chi connectivity index (χ0) is 12.2. The molecular weight excluding hydrogens is 258 g/mol. The quantitative estimate of drug-likeness (QED) is 0.873. The maximum atomic E-state index is 3.91. The first-order valence-electron chi connectivity index (χ1n) is 7.24. The van der Waals surface area contributed by atoms with Gasteiger partial charge in [-0.1, -0.05) is 6.92 Å². The van der Waals surface area contributed by atoms with Gasteiger partial charge in [0.15, 0.2) is 0 Å². The summed E-state index contributed by atoms with van der Waals surface area (Å²) in [6.07, 6.45) is 7.27. The lowest BCUT2D eigenvalue weighted by Gasteiger charge is -2.29. The summed E-state index contributed by atoms with van der Waals surface area (Å²) in [5, 5.41) is 6.94. The van der Waals surface area contributed by atoms with E-state index >= 15 is 0 Å². The highest BCUT2D eigenvalue weighted by atomic mass is 32.2. The molecule has 1 aromatic rings. The van der Waals surface area contributed by atoms with Gasteiger partial charge in [-0.05, 0) is 60.4 Å². The van der Waals surface area contributed by atoms with Crippen LogP contribution in [0.4, 0.5) is 0 Å². The number of hydrogen-bond donors (Lipinski definition) is 1. The summed E-state index contributed by atoms with van der Waals surface area (Å²) < 4.78 is 1.56. The number of fused-ring (bicyclic) bond motifs is 1. The molecule has 1 unspecified atom stereocenters. The van der Waals surface area contributed by atoms with Gasteiger partial charge in [0.25, 0.3) is 0 Å². The molecule has 0 aromatic carbocycles. The second kappa shape index (κ2) is 4.26. The minimum absolute atomic E-state index is 0.624. The average Bonchev–Trinajstić information content (AvgIpc) is 3.23. The number of rotatable bonds is 4. The van der Waals surface area contributed by atoms with Crippen LogP contribution in [-0.2, 0) is 0 Å². The van der Waals surface area contributed by atoms with Crippen molar-refractivity contribution in [1.29, 1.82) is 0 Å². The predicted octanol–water partition coefficient (Wildman–Crippen LogP) is 4.45. The van der Waals surface area contributed by atoms with Gasteiger partial charge in [-0.3, -0.25) is 0 Å². The van der Waals surface area contributed by atoms with Crippen LogP contribution >= 0.6 is 23.1 Å². The minimum atomic E-state index is 0.624. The Morgan fingerprint density at radius 2 is 2.22 bits per heavy atom. The first-order valence-corrected chi connectivity index (χ1v) is 9.00. The standard InChI is InChI=1S/C15H21NS2/c1-10-8-13(12-4-7-17-14(12)18-10)16-9-15(5-6-15)11-2-3-11/h4,7,10-11,13,16H,2-3,5-6,8-9H2,1H3/t10-,13?/m0/s1. The Morgan fingerprint density at radius 1 is 1.39 bits per heavy atom. The van der Waals surface area contributed by atoms with Gasteiger partial charge in [0.2, 0.25) is 0 Å². The smallest absolute Gasteiger partial charge is 0.0649 e. The van der Waals surface area contributed by atoms with E-state index < -0.39 is 0 Å². The zero-order valence-corrected chi connectivity index (χ0v) is 12.6. The maximum absolute atomic E-state index is 3.91. The van der Waals surface area contributed by atoms with E-state index in [0.717, 1.165) is 16.6 Å². The lowest BCUT2D eigenvalue weighted by atomic mass is 9.98. The zero-order valence-electron chi connectivity index (χ0n) is 10.9. The third-order valence-electron chi connectivity index (χ3n) is 4.95. The van der Waals surface area contributed by atoms with Crippen molar-refractivity contribution >= 4 is 23.1 Å². The summed E-state index contributed by atoms with van der Waals surface area (Å²) in [6.45, 7) is 3.64. The van der Waals surface area contributed by atoms with Crippen LogP contribution in [0.25, 0.3) is 0 Å². The lowest BCUT2D eigenvalue weighted by Crippen LogP contribution is -2.32. The molecule has 2 saturated carbocycles. The fraction of sp³-hybridized carbons (Fsp3) is 0.733. The van der Waals surface area contributed by atoms with E-state index in [1.54, 1.807) is 9.77 Å². The molecule has 1 nitrogen and oxygen atoms in total. The molecule has 0 spiro atoms. The largest absolute Gasteiger partial charge is 0.309 e. The number of thiophene rings is 1. The van der Waals surface area contributed by atoms with Crippen molar-refractivity contribution in [2.45, 2.75) is 54.5 Å².